The molecule has 0 saturated heterocycles. The lowest BCUT2D eigenvalue weighted by Gasteiger charge is -2.44. The Bertz CT molecular complexity index is 761. The van der Waals surface area contributed by atoms with Gasteiger partial charge in [-0.1, -0.05) is 29.3 Å². The number of hydrogen-bond donors (Lipinski definition) is 1. The third kappa shape index (κ3) is 3.37. The predicted molar refractivity (Wildman–Crippen MR) is 92.5 cm³/mol. The second kappa shape index (κ2) is 7.45. The fourth-order valence-corrected chi connectivity index (χ4v) is 3.31. The van der Waals surface area contributed by atoms with Crippen molar-refractivity contribution in [1.29, 1.82) is 0 Å². The number of benzene rings is 1. The van der Waals surface area contributed by atoms with E-state index < -0.39 is 23.3 Å². The topological polar surface area (TPSA) is 83.9 Å². The highest BCUT2D eigenvalue weighted by atomic mass is 35.5. The number of likely N-dealkylation sites (N-methyl/N-ethyl adjacent to an activating group) is 1. The summed E-state index contributed by atoms with van der Waals surface area (Å²) < 4.78 is 5.19. The van der Waals surface area contributed by atoms with E-state index in [1.165, 1.54) is 17.0 Å². The largest absolute Gasteiger partial charge is 0.477 e. The van der Waals surface area contributed by atoms with Gasteiger partial charge in [-0.2, -0.15) is 0 Å². The number of carbonyl (C=O) groups is 3. The van der Waals surface area contributed by atoms with Crippen LogP contribution in [0, 0.1) is 0 Å². The second-order valence-electron chi connectivity index (χ2n) is 5.43. The lowest BCUT2D eigenvalue weighted by molar-refractivity contribution is -0.161. The highest BCUT2D eigenvalue weighted by Gasteiger charge is 2.52. The van der Waals surface area contributed by atoms with E-state index in [9.17, 15) is 19.5 Å². The summed E-state index contributed by atoms with van der Waals surface area (Å²) in [6, 6.07) is 4.50. The van der Waals surface area contributed by atoms with Crippen molar-refractivity contribution in [3.8, 4) is 0 Å². The molecular weight excluding hydrogens is 369 g/mol. The average Bonchev–Trinajstić information content (AvgIpc) is 2.56. The van der Waals surface area contributed by atoms with E-state index in [1.54, 1.807) is 19.9 Å². The first-order valence-corrected chi connectivity index (χ1v) is 8.41. The number of nitrogens with zero attached hydrogens (tertiary/aromatic N) is 1. The molecule has 1 N–H and O–H groups in total. The number of carboxylic acids is 1. The van der Waals surface area contributed by atoms with Crippen molar-refractivity contribution in [2.24, 2.45) is 0 Å². The van der Waals surface area contributed by atoms with Gasteiger partial charge in [0, 0.05) is 19.0 Å². The van der Waals surface area contributed by atoms with Crippen molar-refractivity contribution in [1.82, 2.24) is 4.90 Å². The molecular formula is C17H17Cl2NO5. The predicted octanol–water partition coefficient (Wildman–Crippen LogP) is 3.02. The van der Waals surface area contributed by atoms with Crippen LogP contribution in [-0.2, 0) is 24.7 Å². The Morgan fingerprint density at radius 2 is 1.96 bits per heavy atom. The quantitative estimate of drug-likeness (QED) is 0.784. The van der Waals surface area contributed by atoms with Gasteiger partial charge in [0.15, 0.2) is 11.3 Å². The highest BCUT2D eigenvalue weighted by molar-refractivity contribution is 6.42. The summed E-state index contributed by atoms with van der Waals surface area (Å²) >= 11 is 12.0. The zero-order chi connectivity index (χ0) is 18.8. The van der Waals surface area contributed by atoms with Crippen LogP contribution in [0.25, 0.3) is 0 Å². The number of hydrogen-bond acceptors (Lipinski definition) is 5. The molecule has 6 nitrogen and oxygen atoms in total. The standard InChI is InChI=1S/C17H17Cl2NO5/c1-3-20-14(15(22)23)8-11(21)9-17(20,16(24)25-4-2)10-5-6-12(18)13(19)7-10/h5-8H,3-4,9H2,1-2H3,(H,22,23). The number of carboxylic acid groups (broad SMARTS) is 1. The Labute approximate surface area is 155 Å². The van der Waals surface area contributed by atoms with Crippen LogP contribution in [0.15, 0.2) is 30.0 Å². The number of rotatable bonds is 5. The Morgan fingerprint density at radius 1 is 1.28 bits per heavy atom. The summed E-state index contributed by atoms with van der Waals surface area (Å²) in [7, 11) is 0. The van der Waals surface area contributed by atoms with Gasteiger partial charge in [0.25, 0.3) is 0 Å². The third-order valence-electron chi connectivity index (χ3n) is 4.02. The molecule has 1 unspecified atom stereocenters. The number of ether oxygens (including phenoxy) is 1. The second-order valence-corrected chi connectivity index (χ2v) is 6.25. The molecule has 0 fully saturated rings. The molecule has 0 aromatic heterocycles. The van der Waals surface area contributed by atoms with Crippen molar-refractivity contribution in [2.75, 3.05) is 13.2 Å². The van der Waals surface area contributed by atoms with E-state index in [4.69, 9.17) is 27.9 Å². The molecule has 1 aromatic carbocycles. The van der Waals surface area contributed by atoms with Gasteiger partial charge in [0.2, 0.25) is 0 Å². The number of esters is 1. The van der Waals surface area contributed by atoms with Gasteiger partial charge in [-0.25, -0.2) is 9.59 Å². The van der Waals surface area contributed by atoms with Crippen molar-refractivity contribution < 1.29 is 24.2 Å². The first-order chi connectivity index (χ1) is 11.8. The molecule has 134 valence electrons. The molecule has 0 radical (unpaired) electrons. The summed E-state index contributed by atoms with van der Waals surface area (Å²) in [6.07, 6.45) is 0.773. The molecule has 1 atom stereocenters. The Morgan fingerprint density at radius 3 is 2.48 bits per heavy atom. The first-order valence-electron chi connectivity index (χ1n) is 7.66. The van der Waals surface area contributed by atoms with E-state index in [-0.39, 0.29) is 35.3 Å². The van der Waals surface area contributed by atoms with Crippen LogP contribution in [-0.4, -0.2) is 40.9 Å². The fourth-order valence-electron chi connectivity index (χ4n) is 3.01. The Hall–Kier alpha value is -2.05. The monoisotopic (exact) mass is 385 g/mol. The summed E-state index contributed by atoms with van der Waals surface area (Å²) in [5.74, 6) is -2.50. The molecule has 2 rings (SSSR count). The maximum Gasteiger partial charge on any atom is 0.352 e. The average molecular weight is 386 g/mol. The van der Waals surface area contributed by atoms with Crippen LogP contribution < -0.4 is 0 Å². The smallest absolute Gasteiger partial charge is 0.352 e. The SMILES string of the molecule is CCOC(=O)C1(c2ccc(Cl)c(Cl)c2)CC(=O)C=C(C(=O)O)N1CC. The van der Waals surface area contributed by atoms with Gasteiger partial charge in [0.1, 0.15) is 5.70 Å². The summed E-state index contributed by atoms with van der Waals surface area (Å²) in [5, 5.41) is 9.96. The van der Waals surface area contributed by atoms with E-state index >= 15 is 0 Å². The van der Waals surface area contributed by atoms with Crippen LogP contribution in [0.3, 0.4) is 0 Å². The van der Waals surface area contributed by atoms with E-state index in [1.807, 2.05) is 0 Å². The number of ketones is 1. The lowest BCUT2D eigenvalue weighted by Crippen LogP contribution is -2.56. The van der Waals surface area contributed by atoms with Gasteiger partial charge < -0.3 is 14.7 Å². The lowest BCUT2D eigenvalue weighted by atomic mass is 9.80. The molecule has 1 aliphatic rings. The molecule has 1 aliphatic heterocycles. The maximum absolute atomic E-state index is 12.9. The third-order valence-corrected chi connectivity index (χ3v) is 4.76. The molecule has 0 saturated carbocycles. The minimum atomic E-state index is -1.61. The van der Waals surface area contributed by atoms with Gasteiger partial charge in [-0.15, -0.1) is 0 Å². The highest BCUT2D eigenvalue weighted by Crippen LogP contribution is 2.41. The fraction of sp³-hybridized carbons (Fsp3) is 0.353. The normalized spacial score (nSPS) is 20.2. The van der Waals surface area contributed by atoms with Crippen molar-refractivity contribution >= 4 is 40.9 Å². The van der Waals surface area contributed by atoms with Crippen molar-refractivity contribution in [2.45, 2.75) is 25.8 Å². The molecule has 25 heavy (non-hydrogen) atoms. The van der Waals surface area contributed by atoms with Gasteiger partial charge in [-0.05, 0) is 31.5 Å². The Balaban J connectivity index is 2.76. The minimum Gasteiger partial charge on any atom is -0.477 e. The van der Waals surface area contributed by atoms with Crippen LogP contribution in [0.1, 0.15) is 25.8 Å². The van der Waals surface area contributed by atoms with Crippen LogP contribution in [0.4, 0.5) is 0 Å². The molecule has 0 spiro atoms. The summed E-state index contributed by atoms with van der Waals surface area (Å²) in [6.45, 7) is 3.58. The van der Waals surface area contributed by atoms with E-state index in [0.717, 1.165) is 6.08 Å². The molecule has 0 amide bonds. The number of halogens is 2. The van der Waals surface area contributed by atoms with Crippen LogP contribution in [0.2, 0.25) is 10.0 Å². The zero-order valence-electron chi connectivity index (χ0n) is 13.7. The van der Waals surface area contributed by atoms with Crippen LogP contribution in [0.5, 0.6) is 0 Å². The molecule has 0 aliphatic carbocycles. The zero-order valence-corrected chi connectivity index (χ0v) is 15.2. The summed E-state index contributed by atoms with van der Waals surface area (Å²) in [4.78, 5) is 38.1. The van der Waals surface area contributed by atoms with Crippen LogP contribution >= 0.6 is 23.2 Å². The molecule has 1 heterocycles. The first kappa shape index (κ1) is 19.3. The number of aliphatic carboxylic acids is 1. The van der Waals surface area contributed by atoms with Crippen molar-refractivity contribution in [3.05, 3.63) is 45.6 Å². The maximum atomic E-state index is 12.9. The van der Waals surface area contributed by atoms with Gasteiger partial charge >= 0.3 is 11.9 Å². The van der Waals surface area contributed by atoms with Crippen molar-refractivity contribution in [3.63, 3.8) is 0 Å². The van der Waals surface area contributed by atoms with E-state index in [2.05, 4.69) is 0 Å². The summed E-state index contributed by atoms with van der Waals surface area (Å²) in [5.41, 5.74) is -1.53. The Kier molecular flexibility index (Phi) is 5.75. The van der Waals surface area contributed by atoms with E-state index in [0.29, 0.717) is 5.56 Å². The van der Waals surface area contributed by atoms with Gasteiger partial charge in [-0.3, -0.25) is 4.79 Å². The number of allylic oxidation sites excluding steroid dienone is 1. The van der Waals surface area contributed by atoms with Gasteiger partial charge in [0.05, 0.1) is 16.7 Å². The minimum absolute atomic E-state index is 0.0831. The molecule has 8 heteroatoms. The molecule has 1 aromatic rings. The number of carbonyl (C=O) groups excluding carboxylic acids is 2. The molecule has 0 bridgehead atoms.